The van der Waals surface area contributed by atoms with Crippen molar-refractivity contribution in [2.45, 2.75) is 0 Å². The van der Waals surface area contributed by atoms with Gasteiger partial charge < -0.3 is 0 Å². The van der Waals surface area contributed by atoms with Crippen LogP contribution in [0.2, 0.25) is 0 Å². The maximum absolute atomic E-state index is 4.64. The topological polar surface area (TPSA) is 0 Å². The van der Waals surface area contributed by atoms with Crippen LogP contribution in [0.3, 0.4) is 0 Å². The Morgan fingerprint density at radius 1 is 1.25 bits per heavy atom. The Morgan fingerprint density at radius 3 is 1.25 bits per heavy atom. The van der Waals surface area contributed by atoms with E-state index in [1.54, 1.807) is 0 Å². The SMILES string of the molecule is [B][SiH3].[Fe].[Ti]. The zero-order valence-corrected chi connectivity index (χ0v) is 7.10. The van der Waals surface area contributed by atoms with E-state index in [9.17, 15) is 0 Å². The fraction of sp³-hybridized carbons (Fsp3) is 0. The van der Waals surface area contributed by atoms with Gasteiger partial charge in [-0.25, -0.2) is 0 Å². The summed E-state index contributed by atoms with van der Waals surface area (Å²) in [5.74, 6) is 0. The molecular weight excluding hydrogens is 143 g/mol. The molecule has 4 heavy (non-hydrogen) atoms. The molecule has 0 nitrogen and oxygen atoms in total. The number of hydrogen-bond acceptors (Lipinski definition) is 0. The molecule has 0 aromatic rings. The fourth-order valence-electron chi connectivity index (χ4n) is 0. The van der Waals surface area contributed by atoms with Crippen LogP contribution in [-0.2, 0) is 38.8 Å². The summed E-state index contributed by atoms with van der Waals surface area (Å²) in [4.78, 5) is 0. The van der Waals surface area contributed by atoms with Gasteiger partial charge in [-0.1, -0.05) is 0 Å². The monoisotopic (exact) mass is 146 g/mol. The molecule has 0 heterocycles. The van der Waals surface area contributed by atoms with Crippen LogP contribution < -0.4 is 0 Å². The summed E-state index contributed by atoms with van der Waals surface area (Å²) in [6.07, 6.45) is 0. The summed E-state index contributed by atoms with van der Waals surface area (Å²) in [6.45, 7) is 0. The van der Waals surface area contributed by atoms with E-state index < -0.39 is 0 Å². The van der Waals surface area contributed by atoms with Gasteiger partial charge in [-0.05, 0) is 10.1 Å². The first-order chi connectivity index (χ1) is 1.00. The molecule has 0 fully saturated rings. The molecule has 0 aliphatic rings. The Morgan fingerprint density at radius 2 is 1.25 bits per heavy atom. The van der Waals surface area contributed by atoms with Crippen molar-refractivity contribution >= 4 is 17.6 Å². The molecule has 0 rings (SSSR count). The van der Waals surface area contributed by atoms with Crippen LogP contribution in [0.15, 0.2) is 0 Å². The molecular formula is H3BFeSiTi. The van der Waals surface area contributed by atoms with Crippen LogP contribution in [0.5, 0.6) is 0 Å². The molecule has 0 spiro atoms. The van der Waals surface area contributed by atoms with E-state index in [4.69, 9.17) is 0 Å². The van der Waals surface area contributed by atoms with Crippen molar-refractivity contribution in [1.82, 2.24) is 0 Å². The molecule has 0 saturated carbocycles. The van der Waals surface area contributed by atoms with Gasteiger partial charge in [0.15, 0.2) is 0 Å². The third-order valence-electron chi connectivity index (χ3n) is 0. The molecule has 0 aliphatic carbocycles. The van der Waals surface area contributed by atoms with Gasteiger partial charge in [0.25, 0.3) is 0 Å². The first-order valence-corrected chi connectivity index (χ1v) is 1.73. The van der Waals surface area contributed by atoms with Crippen molar-refractivity contribution in [1.29, 1.82) is 0 Å². The minimum atomic E-state index is 0. The van der Waals surface area contributed by atoms with Gasteiger partial charge in [0, 0.05) is 46.2 Å². The smallest absolute Gasteiger partial charge is 0.0388 e. The largest absolute Gasteiger partial charge is 0.0434 e. The third-order valence-corrected chi connectivity index (χ3v) is 0. The van der Waals surface area contributed by atoms with Crippen molar-refractivity contribution in [3.63, 3.8) is 0 Å². The van der Waals surface area contributed by atoms with Crippen molar-refractivity contribution < 1.29 is 38.8 Å². The second-order valence-corrected chi connectivity index (χ2v) is 0. The van der Waals surface area contributed by atoms with Crippen LogP contribution in [0.1, 0.15) is 0 Å². The molecule has 0 amide bonds. The minimum Gasteiger partial charge on any atom is -0.0388 e. The quantitative estimate of drug-likeness (QED) is 0.362. The Hall–Kier alpha value is 1.52. The molecule has 4 heteroatoms. The van der Waals surface area contributed by atoms with E-state index in [0.717, 1.165) is 10.1 Å². The molecule has 0 unspecified atom stereocenters. The zero-order chi connectivity index (χ0) is 2.00. The Kier molecular flexibility index (Phi) is 108. The van der Waals surface area contributed by atoms with E-state index in [2.05, 4.69) is 7.44 Å². The van der Waals surface area contributed by atoms with Gasteiger partial charge >= 0.3 is 0 Å². The molecule has 0 saturated heterocycles. The van der Waals surface area contributed by atoms with Crippen LogP contribution in [0, 0.1) is 0 Å². The molecule has 22 valence electrons. The van der Waals surface area contributed by atoms with Crippen molar-refractivity contribution in [2.75, 3.05) is 0 Å². The number of hydrogen-bond donors (Lipinski definition) is 0. The van der Waals surface area contributed by atoms with E-state index in [0.29, 0.717) is 0 Å². The Labute approximate surface area is 56.2 Å². The van der Waals surface area contributed by atoms with Crippen molar-refractivity contribution in [3.05, 3.63) is 0 Å². The van der Waals surface area contributed by atoms with Crippen molar-refractivity contribution in [3.8, 4) is 0 Å². The van der Waals surface area contributed by atoms with Crippen LogP contribution >= 0.6 is 0 Å². The van der Waals surface area contributed by atoms with Gasteiger partial charge in [0.2, 0.25) is 0 Å². The van der Waals surface area contributed by atoms with E-state index >= 15 is 0 Å². The van der Waals surface area contributed by atoms with Gasteiger partial charge in [-0.2, -0.15) is 0 Å². The summed E-state index contributed by atoms with van der Waals surface area (Å²) >= 11 is 0. The maximum atomic E-state index is 4.64. The molecule has 0 bridgehead atoms. The van der Waals surface area contributed by atoms with Gasteiger partial charge in [-0.3, -0.25) is 0 Å². The van der Waals surface area contributed by atoms with Gasteiger partial charge in [0.1, 0.15) is 0 Å². The van der Waals surface area contributed by atoms with Gasteiger partial charge in [-0.15, -0.1) is 0 Å². The first-order valence-electron chi connectivity index (χ1n) is 0.577. The van der Waals surface area contributed by atoms with E-state index in [1.807, 2.05) is 0 Å². The average Bonchev–Trinajstić information content (AvgIpc) is 1.00. The van der Waals surface area contributed by atoms with E-state index in [1.165, 1.54) is 0 Å². The predicted molar refractivity (Wildman–Crippen MR) is 15.7 cm³/mol. The number of rotatable bonds is 0. The molecule has 0 aliphatic heterocycles. The summed E-state index contributed by atoms with van der Waals surface area (Å²) in [7, 11) is 5.44. The molecule has 0 atom stereocenters. The summed E-state index contributed by atoms with van der Waals surface area (Å²) in [5, 5.41) is 0. The van der Waals surface area contributed by atoms with Crippen LogP contribution in [-0.4, -0.2) is 17.6 Å². The molecule has 0 aromatic heterocycles. The van der Waals surface area contributed by atoms with E-state index in [-0.39, 0.29) is 38.8 Å². The zero-order valence-electron chi connectivity index (χ0n) is 2.43. The summed E-state index contributed by atoms with van der Waals surface area (Å²) in [5.41, 5.74) is 0. The molecule has 0 aromatic carbocycles. The first kappa shape index (κ1) is 17.8. The standard InChI is InChI=1S/BH3Si.Fe.Ti/c1-2;;/h2H3;;. The van der Waals surface area contributed by atoms with Gasteiger partial charge in [0.05, 0.1) is 0 Å². The Balaban J connectivity index is -0.00000000500. The van der Waals surface area contributed by atoms with Crippen LogP contribution in [0.25, 0.3) is 0 Å². The predicted octanol–water partition coefficient (Wildman–Crippen LogP) is -1.57. The van der Waals surface area contributed by atoms with Crippen LogP contribution in [0.4, 0.5) is 0 Å². The molecule has 2 radical (unpaired) electrons. The molecule has 0 N–H and O–H groups in total. The summed E-state index contributed by atoms with van der Waals surface area (Å²) in [6, 6.07) is 0. The fourth-order valence-corrected chi connectivity index (χ4v) is 0. The maximum Gasteiger partial charge on any atom is 0.0434 e. The Bertz CT molecular complexity index is 8.00. The average molecular weight is 146 g/mol. The normalized spacial score (nSPS) is 2.00. The van der Waals surface area contributed by atoms with Crippen molar-refractivity contribution in [2.24, 2.45) is 0 Å². The second kappa shape index (κ2) is 24.3. The second-order valence-electron chi connectivity index (χ2n) is 0. The minimum absolute atomic E-state index is 0. The third kappa shape index (κ3) is 9.69. The summed E-state index contributed by atoms with van der Waals surface area (Å²) < 4.78 is 0.